The van der Waals surface area contributed by atoms with Crippen molar-refractivity contribution in [3.05, 3.63) is 33.3 Å². The Hall–Kier alpha value is -0.980. The molecule has 1 N–H and O–H groups in total. The highest BCUT2D eigenvalue weighted by Gasteiger charge is 2.06. The van der Waals surface area contributed by atoms with E-state index in [-0.39, 0.29) is 5.91 Å². The van der Waals surface area contributed by atoms with Gasteiger partial charge >= 0.3 is 0 Å². The van der Waals surface area contributed by atoms with Gasteiger partial charge in [0.1, 0.15) is 0 Å². The van der Waals surface area contributed by atoms with E-state index in [2.05, 4.69) is 33.1 Å². The summed E-state index contributed by atoms with van der Waals surface area (Å²) in [5.41, 5.74) is 0.545. The molecule has 0 heterocycles. The highest BCUT2D eigenvalue weighted by molar-refractivity contribution is 9.10. The lowest BCUT2D eigenvalue weighted by Gasteiger charge is -2.04. The van der Waals surface area contributed by atoms with E-state index >= 15 is 0 Å². The molecular weight excluding hydrogens is 289 g/mol. The van der Waals surface area contributed by atoms with Crippen LogP contribution >= 0.6 is 27.5 Å². The van der Waals surface area contributed by atoms with Gasteiger partial charge in [-0.3, -0.25) is 4.79 Å². The minimum atomic E-state index is -0.138. The van der Waals surface area contributed by atoms with Crippen LogP contribution < -0.4 is 5.32 Å². The molecule has 1 aromatic carbocycles. The molecule has 0 aliphatic heterocycles. The number of hydrogen-bond donors (Lipinski definition) is 1. The van der Waals surface area contributed by atoms with Gasteiger partial charge < -0.3 is 5.32 Å². The van der Waals surface area contributed by atoms with Gasteiger partial charge in [-0.2, -0.15) is 0 Å². The zero-order chi connectivity index (χ0) is 12.0. The van der Waals surface area contributed by atoms with Gasteiger partial charge in [0.2, 0.25) is 0 Å². The molecule has 0 atom stereocenters. The molecule has 0 fully saturated rings. The molecule has 16 heavy (non-hydrogen) atoms. The van der Waals surface area contributed by atoms with Crippen LogP contribution in [0.3, 0.4) is 0 Å². The first-order chi connectivity index (χ1) is 7.63. The van der Waals surface area contributed by atoms with Crippen LogP contribution in [0, 0.1) is 11.8 Å². The Morgan fingerprint density at radius 2 is 2.25 bits per heavy atom. The zero-order valence-electron chi connectivity index (χ0n) is 8.81. The Balaban J connectivity index is 2.61. The Kier molecular flexibility index (Phi) is 5.37. The molecule has 1 amide bonds. The number of benzene rings is 1. The third kappa shape index (κ3) is 4.26. The van der Waals surface area contributed by atoms with E-state index in [1.807, 2.05) is 0 Å². The monoisotopic (exact) mass is 299 g/mol. The van der Waals surface area contributed by atoms with Crippen molar-refractivity contribution in [2.75, 3.05) is 6.54 Å². The molecule has 0 saturated heterocycles. The van der Waals surface area contributed by atoms with Crippen molar-refractivity contribution in [1.82, 2.24) is 5.32 Å². The van der Waals surface area contributed by atoms with Gasteiger partial charge in [-0.25, -0.2) is 0 Å². The van der Waals surface area contributed by atoms with Crippen LogP contribution in [0.1, 0.15) is 23.7 Å². The molecule has 0 unspecified atom stereocenters. The number of halogens is 2. The van der Waals surface area contributed by atoms with Crippen molar-refractivity contribution in [2.24, 2.45) is 0 Å². The molecule has 2 nitrogen and oxygen atoms in total. The summed E-state index contributed by atoms with van der Waals surface area (Å²) in [4.78, 5) is 11.7. The first-order valence-electron chi connectivity index (χ1n) is 4.77. The second kappa shape index (κ2) is 6.57. The Bertz CT molecular complexity index is 428. The summed E-state index contributed by atoms with van der Waals surface area (Å²) in [6, 6.07) is 5.10. The van der Waals surface area contributed by atoms with Crippen molar-refractivity contribution >= 4 is 33.4 Å². The van der Waals surface area contributed by atoms with E-state index in [1.54, 1.807) is 25.1 Å². The van der Waals surface area contributed by atoms with Crippen molar-refractivity contribution < 1.29 is 4.79 Å². The quantitative estimate of drug-likeness (QED) is 0.674. The lowest BCUT2D eigenvalue weighted by molar-refractivity contribution is 0.0954. The summed E-state index contributed by atoms with van der Waals surface area (Å²) in [7, 11) is 0. The van der Waals surface area contributed by atoms with Gasteiger partial charge in [0.05, 0.1) is 0 Å². The molecule has 4 heteroatoms. The topological polar surface area (TPSA) is 29.1 Å². The van der Waals surface area contributed by atoms with E-state index in [0.717, 1.165) is 4.47 Å². The zero-order valence-corrected chi connectivity index (χ0v) is 11.2. The van der Waals surface area contributed by atoms with Crippen LogP contribution in [0.2, 0.25) is 5.02 Å². The van der Waals surface area contributed by atoms with Crippen LogP contribution in [0.5, 0.6) is 0 Å². The number of rotatable bonds is 3. The van der Waals surface area contributed by atoms with Crippen molar-refractivity contribution in [3.63, 3.8) is 0 Å². The minimum Gasteiger partial charge on any atom is -0.351 e. The van der Waals surface area contributed by atoms with E-state index in [4.69, 9.17) is 11.6 Å². The third-order valence-electron chi connectivity index (χ3n) is 1.84. The fourth-order valence-corrected chi connectivity index (χ4v) is 2.01. The normalized spacial score (nSPS) is 9.19. The fraction of sp³-hybridized carbons (Fsp3) is 0.250. The standard InChI is InChI=1S/C12H11BrClNO/c1-2-3-4-5-15-12(16)9-6-10(13)8-11(14)7-9/h6-8H,4-5H2,1H3,(H,15,16). The maximum atomic E-state index is 11.7. The van der Waals surface area contributed by atoms with Gasteiger partial charge in [0, 0.05) is 28.0 Å². The van der Waals surface area contributed by atoms with Gasteiger partial charge in [-0.1, -0.05) is 27.5 Å². The molecule has 0 bridgehead atoms. The fourth-order valence-electron chi connectivity index (χ4n) is 1.15. The van der Waals surface area contributed by atoms with E-state index in [1.165, 1.54) is 0 Å². The molecule has 1 rings (SSSR count). The predicted octanol–water partition coefficient (Wildman–Crippen LogP) is 3.25. The number of nitrogens with one attached hydrogen (secondary N) is 1. The average molecular weight is 301 g/mol. The first kappa shape index (κ1) is 13.1. The smallest absolute Gasteiger partial charge is 0.251 e. The number of amides is 1. The number of carbonyl (C=O) groups excluding carboxylic acids is 1. The lowest BCUT2D eigenvalue weighted by atomic mass is 10.2. The van der Waals surface area contributed by atoms with Crippen LogP contribution in [0.4, 0.5) is 0 Å². The van der Waals surface area contributed by atoms with Gasteiger partial charge in [-0.05, 0) is 25.1 Å². The molecule has 1 aromatic rings. The van der Waals surface area contributed by atoms with Crippen molar-refractivity contribution in [1.29, 1.82) is 0 Å². The summed E-state index contributed by atoms with van der Waals surface area (Å²) in [6.45, 7) is 2.32. The van der Waals surface area contributed by atoms with Crippen LogP contribution in [0.25, 0.3) is 0 Å². The van der Waals surface area contributed by atoms with E-state index in [0.29, 0.717) is 23.6 Å². The molecule has 0 radical (unpaired) electrons. The summed E-state index contributed by atoms with van der Waals surface area (Å²) < 4.78 is 0.790. The van der Waals surface area contributed by atoms with Gasteiger partial charge in [-0.15, -0.1) is 11.8 Å². The molecular formula is C12H11BrClNO. The largest absolute Gasteiger partial charge is 0.351 e. The molecule has 0 spiro atoms. The van der Waals surface area contributed by atoms with Crippen LogP contribution in [-0.2, 0) is 0 Å². The molecule has 0 aromatic heterocycles. The summed E-state index contributed by atoms with van der Waals surface area (Å²) in [5, 5.41) is 3.30. The maximum Gasteiger partial charge on any atom is 0.251 e. The second-order valence-corrected chi connectivity index (χ2v) is 4.44. The highest BCUT2D eigenvalue weighted by Crippen LogP contribution is 2.19. The van der Waals surface area contributed by atoms with E-state index in [9.17, 15) is 4.79 Å². The lowest BCUT2D eigenvalue weighted by Crippen LogP contribution is -2.24. The Labute approximate surface area is 109 Å². The summed E-state index contributed by atoms with van der Waals surface area (Å²) >= 11 is 9.13. The molecule has 0 aliphatic rings. The highest BCUT2D eigenvalue weighted by atomic mass is 79.9. The van der Waals surface area contributed by atoms with Gasteiger partial charge in [0.25, 0.3) is 5.91 Å². The average Bonchev–Trinajstić information content (AvgIpc) is 2.22. The van der Waals surface area contributed by atoms with Crippen LogP contribution in [0.15, 0.2) is 22.7 Å². The second-order valence-electron chi connectivity index (χ2n) is 3.09. The van der Waals surface area contributed by atoms with Crippen molar-refractivity contribution in [2.45, 2.75) is 13.3 Å². The third-order valence-corrected chi connectivity index (χ3v) is 2.51. The maximum absolute atomic E-state index is 11.7. The summed E-state index contributed by atoms with van der Waals surface area (Å²) in [5.74, 6) is 5.51. The van der Waals surface area contributed by atoms with Crippen molar-refractivity contribution in [3.8, 4) is 11.8 Å². The molecule has 0 saturated carbocycles. The SMILES string of the molecule is CC#CCCNC(=O)c1cc(Cl)cc(Br)c1. The minimum absolute atomic E-state index is 0.138. The predicted molar refractivity (Wildman–Crippen MR) is 69.6 cm³/mol. The molecule has 0 aliphatic carbocycles. The number of hydrogen-bond acceptors (Lipinski definition) is 1. The van der Waals surface area contributed by atoms with E-state index < -0.39 is 0 Å². The Morgan fingerprint density at radius 3 is 2.88 bits per heavy atom. The first-order valence-corrected chi connectivity index (χ1v) is 5.94. The summed E-state index contributed by atoms with van der Waals surface area (Å²) in [6.07, 6.45) is 0.657. The van der Waals surface area contributed by atoms with Crippen LogP contribution in [-0.4, -0.2) is 12.5 Å². The molecule has 84 valence electrons. The Morgan fingerprint density at radius 1 is 1.50 bits per heavy atom. The van der Waals surface area contributed by atoms with Gasteiger partial charge in [0.15, 0.2) is 0 Å². The number of carbonyl (C=O) groups is 1.